The monoisotopic (exact) mass is 420 g/mol. The van der Waals surface area contributed by atoms with E-state index in [0.717, 1.165) is 11.3 Å². The number of methoxy groups -OCH3 is 1. The van der Waals surface area contributed by atoms with Gasteiger partial charge in [0.05, 0.1) is 12.5 Å². The molecule has 0 unspecified atom stereocenters. The second kappa shape index (κ2) is 8.12. The summed E-state index contributed by atoms with van der Waals surface area (Å²) in [5, 5.41) is 10.2. The molecule has 1 aromatic carbocycles. The number of carbonyl (C=O) groups excluding carboxylic acids is 1. The summed E-state index contributed by atoms with van der Waals surface area (Å²) in [5.41, 5.74) is 0.736. The van der Waals surface area contributed by atoms with Crippen molar-refractivity contribution >= 4 is 45.1 Å². The number of hydrogen-bond acceptors (Lipinski definition) is 6. The van der Waals surface area contributed by atoms with Crippen LogP contribution >= 0.6 is 22.9 Å². The van der Waals surface area contributed by atoms with Gasteiger partial charge in [-0.1, -0.05) is 11.6 Å². The molecule has 0 aliphatic carbocycles. The van der Waals surface area contributed by atoms with E-state index in [1.165, 1.54) is 11.7 Å². The van der Waals surface area contributed by atoms with Crippen molar-refractivity contribution in [1.82, 2.24) is 9.55 Å². The highest BCUT2D eigenvalue weighted by molar-refractivity contribution is 7.20. The fourth-order valence-electron chi connectivity index (χ4n) is 2.93. The molecule has 0 bridgehead atoms. The van der Waals surface area contributed by atoms with Gasteiger partial charge in [-0.05, 0) is 43.2 Å². The molecular weight excluding hydrogens is 404 g/mol. The van der Waals surface area contributed by atoms with Crippen LogP contribution in [0.2, 0.25) is 5.02 Å². The van der Waals surface area contributed by atoms with Crippen LogP contribution in [0, 0.1) is 6.92 Å². The number of aromatic carboxylic acids is 1. The normalized spacial score (nSPS) is 11.0. The first-order valence-corrected chi connectivity index (χ1v) is 9.63. The lowest BCUT2D eigenvalue weighted by Gasteiger charge is -2.12. The maximum atomic E-state index is 13.2. The lowest BCUT2D eigenvalue weighted by atomic mass is 10.1. The van der Waals surface area contributed by atoms with Crippen molar-refractivity contribution in [3.63, 3.8) is 0 Å². The molecule has 9 heteroatoms. The van der Waals surface area contributed by atoms with Crippen LogP contribution in [-0.4, -0.2) is 33.7 Å². The van der Waals surface area contributed by atoms with E-state index < -0.39 is 5.97 Å². The average molecular weight is 421 g/mol. The third kappa shape index (κ3) is 3.79. The van der Waals surface area contributed by atoms with E-state index >= 15 is 0 Å². The molecule has 0 aliphatic rings. The molecule has 2 aromatic heterocycles. The third-order valence-electron chi connectivity index (χ3n) is 4.34. The number of aryl methyl sites for hydroxylation is 1. The SMILES string of the molecule is COC(=O)CCCn1c(-c2ccc(Cl)cc2)nc2sc(C(=O)O)c(C)c2c1=O. The standard InChI is InChI=1S/C19H17ClN2O5S/c1-10-14-17(28-15(10)19(25)26)21-16(11-5-7-12(20)8-6-11)22(18(14)24)9-3-4-13(23)27-2/h5-8H,3-4,9H2,1-2H3,(H,25,26). The van der Waals surface area contributed by atoms with E-state index in [1.54, 1.807) is 31.2 Å². The predicted octanol–water partition coefficient (Wildman–Crippen LogP) is 3.74. The Morgan fingerprint density at radius 2 is 1.96 bits per heavy atom. The highest BCUT2D eigenvalue weighted by Gasteiger charge is 2.21. The number of benzene rings is 1. The number of hydrogen-bond donors (Lipinski definition) is 1. The van der Waals surface area contributed by atoms with E-state index in [2.05, 4.69) is 9.72 Å². The fraction of sp³-hybridized carbons (Fsp3) is 0.263. The summed E-state index contributed by atoms with van der Waals surface area (Å²) in [6, 6.07) is 6.86. The fourth-order valence-corrected chi connectivity index (χ4v) is 4.07. The predicted molar refractivity (Wildman–Crippen MR) is 107 cm³/mol. The summed E-state index contributed by atoms with van der Waals surface area (Å²) in [4.78, 5) is 41.1. The van der Waals surface area contributed by atoms with Crippen LogP contribution in [0.1, 0.15) is 28.1 Å². The van der Waals surface area contributed by atoms with Crippen LogP contribution in [0.25, 0.3) is 21.6 Å². The summed E-state index contributed by atoms with van der Waals surface area (Å²) < 4.78 is 6.12. The van der Waals surface area contributed by atoms with Crippen molar-refractivity contribution < 1.29 is 19.4 Å². The quantitative estimate of drug-likeness (QED) is 0.610. The maximum absolute atomic E-state index is 13.2. The Bertz CT molecular complexity index is 1120. The molecule has 7 nitrogen and oxygen atoms in total. The molecule has 0 saturated carbocycles. The molecule has 28 heavy (non-hydrogen) atoms. The van der Waals surface area contributed by atoms with Crippen molar-refractivity contribution in [2.24, 2.45) is 0 Å². The Hall–Kier alpha value is -2.71. The lowest BCUT2D eigenvalue weighted by Crippen LogP contribution is -2.24. The van der Waals surface area contributed by atoms with Gasteiger partial charge in [-0.15, -0.1) is 11.3 Å². The minimum atomic E-state index is -1.09. The number of carboxylic acids is 1. The van der Waals surface area contributed by atoms with Crippen molar-refractivity contribution in [1.29, 1.82) is 0 Å². The van der Waals surface area contributed by atoms with Crippen LogP contribution in [0.15, 0.2) is 29.1 Å². The van der Waals surface area contributed by atoms with Crippen molar-refractivity contribution in [2.45, 2.75) is 26.3 Å². The highest BCUT2D eigenvalue weighted by atomic mass is 35.5. The molecule has 0 spiro atoms. The van der Waals surface area contributed by atoms with Gasteiger partial charge in [-0.3, -0.25) is 14.2 Å². The first-order chi connectivity index (χ1) is 13.3. The second-order valence-corrected chi connectivity index (χ2v) is 7.56. The average Bonchev–Trinajstić information content (AvgIpc) is 3.00. The van der Waals surface area contributed by atoms with Crippen LogP contribution in [0.3, 0.4) is 0 Å². The van der Waals surface area contributed by atoms with Gasteiger partial charge >= 0.3 is 11.9 Å². The van der Waals surface area contributed by atoms with Gasteiger partial charge in [0.15, 0.2) is 0 Å². The van der Waals surface area contributed by atoms with Gasteiger partial charge in [-0.2, -0.15) is 0 Å². The molecule has 0 fully saturated rings. The molecule has 0 radical (unpaired) electrons. The topological polar surface area (TPSA) is 98.5 Å². The number of aromatic nitrogens is 2. The molecule has 3 aromatic rings. The first kappa shape index (κ1) is 20.0. The van der Waals surface area contributed by atoms with E-state index in [1.807, 2.05) is 0 Å². The number of rotatable bonds is 6. The minimum absolute atomic E-state index is 0.0916. The van der Waals surface area contributed by atoms with Crippen LogP contribution < -0.4 is 5.56 Å². The number of ether oxygens (including phenoxy) is 1. The zero-order chi connectivity index (χ0) is 20.4. The Morgan fingerprint density at radius 1 is 1.29 bits per heavy atom. The van der Waals surface area contributed by atoms with E-state index in [4.69, 9.17) is 11.6 Å². The summed E-state index contributed by atoms with van der Waals surface area (Å²) in [5.74, 6) is -1.06. The third-order valence-corrected chi connectivity index (χ3v) is 5.76. The van der Waals surface area contributed by atoms with Gasteiger partial charge in [0.1, 0.15) is 15.5 Å². The number of esters is 1. The van der Waals surface area contributed by atoms with Crippen molar-refractivity contribution in [2.75, 3.05) is 7.11 Å². The number of halogens is 1. The number of nitrogens with zero attached hydrogens (tertiary/aromatic N) is 2. The number of carbonyl (C=O) groups is 2. The van der Waals surface area contributed by atoms with Gasteiger partial charge < -0.3 is 9.84 Å². The van der Waals surface area contributed by atoms with Crippen molar-refractivity contribution in [3.8, 4) is 11.4 Å². The molecule has 0 atom stereocenters. The number of carboxylic acid groups (broad SMARTS) is 1. The lowest BCUT2D eigenvalue weighted by molar-refractivity contribution is -0.140. The Kier molecular flexibility index (Phi) is 5.81. The summed E-state index contributed by atoms with van der Waals surface area (Å²) in [6.07, 6.45) is 0.541. The molecule has 3 rings (SSSR count). The van der Waals surface area contributed by atoms with Crippen LogP contribution in [-0.2, 0) is 16.1 Å². The zero-order valence-corrected chi connectivity index (χ0v) is 16.8. The van der Waals surface area contributed by atoms with Gasteiger partial charge in [0.2, 0.25) is 0 Å². The summed E-state index contributed by atoms with van der Waals surface area (Å²) in [6.45, 7) is 1.85. The number of thiophene rings is 1. The number of fused-ring (bicyclic) bond motifs is 1. The maximum Gasteiger partial charge on any atom is 0.346 e. The van der Waals surface area contributed by atoms with Crippen LogP contribution in [0.5, 0.6) is 0 Å². The molecule has 0 saturated heterocycles. The molecule has 0 aliphatic heterocycles. The Morgan fingerprint density at radius 3 is 2.57 bits per heavy atom. The molecule has 0 amide bonds. The minimum Gasteiger partial charge on any atom is -0.477 e. The first-order valence-electron chi connectivity index (χ1n) is 8.43. The smallest absolute Gasteiger partial charge is 0.346 e. The molecule has 1 N–H and O–H groups in total. The van der Waals surface area contributed by atoms with Crippen LogP contribution in [0.4, 0.5) is 0 Å². The van der Waals surface area contributed by atoms with E-state index in [-0.39, 0.29) is 34.8 Å². The summed E-state index contributed by atoms with van der Waals surface area (Å²) >= 11 is 6.93. The van der Waals surface area contributed by atoms with Gasteiger partial charge in [-0.25, -0.2) is 9.78 Å². The van der Waals surface area contributed by atoms with E-state index in [0.29, 0.717) is 33.2 Å². The van der Waals surface area contributed by atoms with E-state index in [9.17, 15) is 19.5 Å². The largest absolute Gasteiger partial charge is 0.477 e. The molecule has 146 valence electrons. The molecular formula is C19H17ClN2O5S. The highest BCUT2D eigenvalue weighted by Crippen LogP contribution is 2.30. The zero-order valence-electron chi connectivity index (χ0n) is 15.2. The molecule has 2 heterocycles. The van der Waals surface area contributed by atoms with Gasteiger partial charge in [0, 0.05) is 23.6 Å². The van der Waals surface area contributed by atoms with Gasteiger partial charge in [0.25, 0.3) is 5.56 Å². The Balaban J connectivity index is 2.18. The van der Waals surface area contributed by atoms with Crippen molar-refractivity contribution in [3.05, 3.63) is 50.1 Å². The second-order valence-electron chi connectivity index (χ2n) is 6.12. The Labute approximate surface area is 169 Å². The summed E-state index contributed by atoms with van der Waals surface area (Å²) in [7, 11) is 1.31.